The number of carbonyl (C=O) groups excluding carboxylic acids is 1. The van der Waals surface area contributed by atoms with Crippen molar-refractivity contribution in [3.8, 4) is 16.9 Å². The van der Waals surface area contributed by atoms with Crippen LogP contribution in [0.5, 0.6) is 5.75 Å². The lowest BCUT2D eigenvalue weighted by Crippen LogP contribution is -2.33. The molecular weight excluding hydrogens is 438 g/mol. The number of pyridine rings is 1. The van der Waals surface area contributed by atoms with Gasteiger partial charge in [-0.1, -0.05) is 17.7 Å². The molecule has 0 saturated heterocycles. The van der Waals surface area contributed by atoms with Crippen LogP contribution in [0.1, 0.15) is 27.2 Å². The second-order valence-electron chi connectivity index (χ2n) is 7.77. The van der Waals surface area contributed by atoms with Gasteiger partial charge in [-0.3, -0.25) is 14.8 Å². The van der Waals surface area contributed by atoms with Gasteiger partial charge in [0, 0.05) is 37.1 Å². The molecule has 1 amide bonds. The van der Waals surface area contributed by atoms with E-state index in [1.807, 2.05) is 37.3 Å². The van der Waals surface area contributed by atoms with Crippen molar-refractivity contribution in [3.05, 3.63) is 82.1 Å². The number of ether oxygens (including phenoxy) is 1. The highest BCUT2D eigenvalue weighted by Gasteiger charge is 2.12. The van der Waals surface area contributed by atoms with Crippen LogP contribution in [0.25, 0.3) is 11.1 Å². The van der Waals surface area contributed by atoms with Gasteiger partial charge in [0.25, 0.3) is 5.91 Å². The molecule has 0 radical (unpaired) electrons. The molecule has 33 heavy (non-hydrogen) atoms. The van der Waals surface area contributed by atoms with E-state index in [2.05, 4.69) is 32.0 Å². The van der Waals surface area contributed by atoms with Crippen LogP contribution in [0.15, 0.2) is 59.7 Å². The minimum Gasteiger partial charge on any atom is -0.495 e. The molecule has 0 saturated carbocycles. The van der Waals surface area contributed by atoms with Crippen LogP contribution in [0.2, 0.25) is 5.02 Å². The summed E-state index contributed by atoms with van der Waals surface area (Å²) < 4.78 is 5.19. The van der Waals surface area contributed by atoms with Crippen molar-refractivity contribution in [1.82, 2.24) is 20.9 Å². The maximum absolute atomic E-state index is 13.1. The van der Waals surface area contributed by atoms with E-state index in [1.54, 1.807) is 25.4 Å². The topological polar surface area (TPSA) is 87.6 Å². The van der Waals surface area contributed by atoms with Crippen molar-refractivity contribution >= 4 is 23.5 Å². The second kappa shape index (κ2) is 10.4. The normalized spacial score (nSPS) is 12.6. The molecule has 170 valence electrons. The Labute approximate surface area is 198 Å². The predicted octanol–water partition coefficient (Wildman–Crippen LogP) is 3.70. The van der Waals surface area contributed by atoms with Crippen LogP contribution in [-0.4, -0.2) is 37.1 Å². The lowest BCUT2D eigenvalue weighted by molar-refractivity contribution is 0.0951. The van der Waals surface area contributed by atoms with Gasteiger partial charge in [-0.05, 0) is 71.6 Å². The third-order valence-electron chi connectivity index (χ3n) is 5.29. The van der Waals surface area contributed by atoms with Gasteiger partial charge in [0.1, 0.15) is 5.75 Å². The van der Waals surface area contributed by atoms with E-state index in [4.69, 9.17) is 16.3 Å². The number of halogens is 1. The molecule has 0 aliphatic carbocycles. The van der Waals surface area contributed by atoms with E-state index >= 15 is 0 Å². The van der Waals surface area contributed by atoms with Crippen LogP contribution < -0.4 is 20.7 Å². The van der Waals surface area contributed by atoms with E-state index in [1.165, 1.54) is 0 Å². The van der Waals surface area contributed by atoms with Crippen molar-refractivity contribution in [3.63, 3.8) is 0 Å². The Morgan fingerprint density at radius 3 is 2.70 bits per heavy atom. The molecule has 7 nitrogen and oxygen atoms in total. The van der Waals surface area contributed by atoms with E-state index in [-0.39, 0.29) is 5.91 Å². The van der Waals surface area contributed by atoms with Crippen molar-refractivity contribution in [2.24, 2.45) is 4.99 Å². The summed E-state index contributed by atoms with van der Waals surface area (Å²) in [4.78, 5) is 21.7. The molecule has 4 rings (SSSR count). The van der Waals surface area contributed by atoms with Crippen LogP contribution >= 0.6 is 11.6 Å². The van der Waals surface area contributed by atoms with Gasteiger partial charge in [-0.25, -0.2) is 0 Å². The number of aliphatic imine (C=N–C) groups is 1. The maximum atomic E-state index is 13.1. The third kappa shape index (κ3) is 5.81. The predicted molar refractivity (Wildman–Crippen MR) is 131 cm³/mol. The first-order valence-corrected chi connectivity index (χ1v) is 11.1. The van der Waals surface area contributed by atoms with Crippen molar-refractivity contribution in [2.75, 3.05) is 20.2 Å². The highest BCUT2D eigenvalue weighted by Crippen LogP contribution is 2.25. The summed E-state index contributed by atoms with van der Waals surface area (Å²) in [7, 11) is 1.57. The lowest BCUT2D eigenvalue weighted by atomic mass is 9.99. The SMILES string of the molecule is COc1ccc(CNC(=O)c2cc(CNC3=NCCN3)cc(-c3ccnc(C)c3)c2)cc1Cl. The van der Waals surface area contributed by atoms with E-state index < -0.39 is 0 Å². The summed E-state index contributed by atoms with van der Waals surface area (Å²) in [5.41, 5.74) is 5.34. The fourth-order valence-corrected chi connectivity index (χ4v) is 3.90. The molecule has 0 bridgehead atoms. The fraction of sp³-hybridized carbons (Fsp3) is 0.240. The van der Waals surface area contributed by atoms with Gasteiger partial charge in [0.15, 0.2) is 5.96 Å². The minimum absolute atomic E-state index is 0.160. The van der Waals surface area contributed by atoms with Crippen LogP contribution in [0, 0.1) is 6.92 Å². The molecular formula is C25H26ClN5O2. The quantitative estimate of drug-likeness (QED) is 0.497. The summed E-state index contributed by atoms with van der Waals surface area (Å²) in [5.74, 6) is 1.22. The summed E-state index contributed by atoms with van der Waals surface area (Å²) in [5, 5.41) is 10.00. The summed E-state index contributed by atoms with van der Waals surface area (Å²) in [6.07, 6.45) is 1.78. The van der Waals surface area contributed by atoms with Gasteiger partial charge < -0.3 is 20.7 Å². The third-order valence-corrected chi connectivity index (χ3v) is 5.58. The van der Waals surface area contributed by atoms with Crippen molar-refractivity contribution in [1.29, 1.82) is 0 Å². The van der Waals surface area contributed by atoms with Gasteiger partial charge in [0.05, 0.1) is 18.7 Å². The Morgan fingerprint density at radius 1 is 1.09 bits per heavy atom. The Morgan fingerprint density at radius 2 is 1.97 bits per heavy atom. The molecule has 1 aliphatic heterocycles. The number of rotatable bonds is 7. The van der Waals surface area contributed by atoms with Crippen LogP contribution in [0.3, 0.4) is 0 Å². The summed E-state index contributed by atoms with van der Waals surface area (Å²) in [6.45, 7) is 4.46. The molecule has 2 aromatic carbocycles. The number of aromatic nitrogens is 1. The first kappa shape index (κ1) is 22.6. The molecule has 2 heterocycles. The highest BCUT2D eigenvalue weighted by molar-refractivity contribution is 6.32. The van der Waals surface area contributed by atoms with E-state index in [0.29, 0.717) is 29.4 Å². The zero-order chi connectivity index (χ0) is 23.2. The molecule has 3 N–H and O–H groups in total. The largest absolute Gasteiger partial charge is 0.495 e. The zero-order valence-corrected chi connectivity index (χ0v) is 19.4. The number of nitrogens with one attached hydrogen (secondary N) is 3. The number of methoxy groups -OCH3 is 1. The standard InChI is InChI=1S/C25H26ClN5O2/c1-16-9-19(5-6-27-16)20-10-18(15-31-25-28-7-8-29-25)11-21(13-20)24(32)30-14-17-3-4-23(33-2)22(26)12-17/h3-6,9-13H,7-8,14-15H2,1-2H3,(H,30,32)(H2,28,29,31). The number of nitrogens with zero attached hydrogens (tertiary/aromatic N) is 2. The summed E-state index contributed by atoms with van der Waals surface area (Å²) >= 11 is 6.21. The number of benzene rings is 2. The minimum atomic E-state index is -0.160. The van der Waals surface area contributed by atoms with E-state index in [9.17, 15) is 4.79 Å². The molecule has 0 spiro atoms. The molecule has 0 unspecified atom stereocenters. The first-order chi connectivity index (χ1) is 16.0. The average Bonchev–Trinajstić information content (AvgIpc) is 3.35. The zero-order valence-electron chi connectivity index (χ0n) is 18.6. The monoisotopic (exact) mass is 463 g/mol. The lowest BCUT2D eigenvalue weighted by Gasteiger charge is -2.13. The van der Waals surface area contributed by atoms with Gasteiger partial charge >= 0.3 is 0 Å². The first-order valence-electron chi connectivity index (χ1n) is 10.7. The van der Waals surface area contributed by atoms with Crippen LogP contribution in [-0.2, 0) is 13.1 Å². The number of hydrogen-bond donors (Lipinski definition) is 3. The fourth-order valence-electron chi connectivity index (χ4n) is 3.62. The smallest absolute Gasteiger partial charge is 0.251 e. The Bertz CT molecular complexity index is 1200. The van der Waals surface area contributed by atoms with Crippen molar-refractivity contribution < 1.29 is 9.53 Å². The molecule has 0 atom stereocenters. The molecule has 1 aromatic heterocycles. The Hall–Kier alpha value is -3.58. The maximum Gasteiger partial charge on any atom is 0.251 e. The summed E-state index contributed by atoms with van der Waals surface area (Å²) in [6, 6.07) is 15.3. The Kier molecular flexibility index (Phi) is 7.10. The molecule has 8 heteroatoms. The molecule has 3 aromatic rings. The second-order valence-corrected chi connectivity index (χ2v) is 8.17. The van der Waals surface area contributed by atoms with Crippen molar-refractivity contribution in [2.45, 2.75) is 20.0 Å². The number of guanidine groups is 1. The highest BCUT2D eigenvalue weighted by atomic mass is 35.5. The number of aryl methyl sites for hydroxylation is 1. The van der Waals surface area contributed by atoms with Crippen LogP contribution in [0.4, 0.5) is 0 Å². The van der Waals surface area contributed by atoms with Gasteiger partial charge in [-0.15, -0.1) is 0 Å². The van der Waals surface area contributed by atoms with Gasteiger partial charge in [-0.2, -0.15) is 0 Å². The molecule has 1 aliphatic rings. The average molecular weight is 464 g/mol. The number of hydrogen-bond acceptors (Lipinski definition) is 6. The number of carbonyl (C=O) groups is 1. The molecule has 0 fully saturated rings. The Balaban J connectivity index is 1.55. The van der Waals surface area contributed by atoms with E-state index in [0.717, 1.165) is 47.0 Å². The number of amides is 1. The van der Waals surface area contributed by atoms with Gasteiger partial charge in [0.2, 0.25) is 0 Å².